The molecule has 0 bridgehead atoms. The van der Waals surface area contributed by atoms with E-state index in [1.165, 1.54) is 5.56 Å². The summed E-state index contributed by atoms with van der Waals surface area (Å²) in [5.41, 5.74) is 2.18. The quantitative estimate of drug-likeness (QED) is 0.677. The molecule has 0 radical (unpaired) electrons. The van der Waals surface area contributed by atoms with Crippen molar-refractivity contribution in [3.63, 3.8) is 0 Å². The Morgan fingerprint density at radius 1 is 1.14 bits per heavy atom. The van der Waals surface area contributed by atoms with Gasteiger partial charge in [0.1, 0.15) is 0 Å². The van der Waals surface area contributed by atoms with Crippen LogP contribution in [-0.2, 0) is 13.1 Å². The van der Waals surface area contributed by atoms with Crippen LogP contribution in [0.5, 0.6) is 0 Å². The number of halogens is 1. The molecule has 0 saturated heterocycles. The Morgan fingerprint density at radius 3 is 2.95 bits per heavy atom. The van der Waals surface area contributed by atoms with Crippen LogP contribution < -0.4 is 5.32 Å². The predicted molar refractivity (Wildman–Crippen MR) is 89.9 cm³/mol. The number of imidazole rings is 1. The molecule has 0 spiro atoms. The third-order valence-corrected chi connectivity index (χ3v) is 4.02. The summed E-state index contributed by atoms with van der Waals surface area (Å²) in [7, 11) is 0. The molecular weight excluding hydrogens is 296 g/mol. The van der Waals surface area contributed by atoms with Crippen molar-refractivity contribution >= 4 is 22.5 Å². The van der Waals surface area contributed by atoms with Crippen molar-refractivity contribution in [2.45, 2.75) is 25.9 Å². The minimum absolute atomic E-state index is 0.757. The number of hydrogen-bond donors (Lipinski definition) is 1. The lowest BCUT2D eigenvalue weighted by molar-refractivity contribution is 0.568. The van der Waals surface area contributed by atoms with Gasteiger partial charge in [-0.2, -0.15) is 0 Å². The number of nitrogens with zero attached hydrogens (tertiary/aromatic N) is 3. The van der Waals surface area contributed by atoms with Crippen molar-refractivity contribution in [2.75, 3.05) is 6.54 Å². The van der Waals surface area contributed by atoms with Crippen molar-refractivity contribution in [3.05, 3.63) is 59.8 Å². The maximum absolute atomic E-state index is 6.21. The number of nitrogens with one attached hydrogen (secondary N) is 1. The van der Waals surface area contributed by atoms with Crippen LogP contribution in [0.4, 0.5) is 0 Å². The monoisotopic (exact) mass is 314 g/mol. The SMILES string of the molecule is Clc1ccc(CNCCCCn2ccnc2)c2ncccc12. The van der Waals surface area contributed by atoms with Crippen LogP contribution in [0.2, 0.25) is 5.02 Å². The van der Waals surface area contributed by atoms with Gasteiger partial charge in [-0.05, 0) is 43.1 Å². The lowest BCUT2D eigenvalue weighted by atomic mass is 10.1. The molecule has 0 aliphatic heterocycles. The fourth-order valence-corrected chi connectivity index (χ4v) is 2.74. The average molecular weight is 315 g/mol. The number of pyridine rings is 1. The van der Waals surface area contributed by atoms with Crippen LogP contribution in [0.15, 0.2) is 49.2 Å². The first kappa shape index (κ1) is 15.0. The second kappa shape index (κ2) is 7.38. The fraction of sp³-hybridized carbons (Fsp3) is 0.294. The highest BCUT2D eigenvalue weighted by Crippen LogP contribution is 2.24. The largest absolute Gasteiger partial charge is 0.337 e. The van der Waals surface area contributed by atoms with E-state index in [1.54, 1.807) is 0 Å². The fourth-order valence-electron chi connectivity index (χ4n) is 2.53. The number of aryl methyl sites for hydroxylation is 1. The number of hydrogen-bond acceptors (Lipinski definition) is 3. The molecule has 0 aliphatic carbocycles. The normalized spacial score (nSPS) is 11.1. The van der Waals surface area contributed by atoms with E-state index in [2.05, 4.69) is 25.9 Å². The number of aromatic nitrogens is 3. The Bertz CT molecular complexity index is 725. The van der Waals surface area contributed by atoms with Crippen molar-refractivity contribution < 1.29 is 0 Å². The molecule has 0 fully saturated rings. The molecule has 114 valence electrons. The van der Waals surface area contributed by atoms with E-state index in [0.717, 1.165) is 48.4 Å². The molecule has 2 heterocycles. The summed E-state index contributed by atoms with van der Waals surface area (Å²) in [5, 5.41) is 5.26. The predicted octanol–water partition coefficient (Wildman–Crippen LogP) is 3.65. The van der Waals surface area contributed by atoms with Crippen molar-refractivity contribution in [1.82, 2.24) is 19.9 Å². The van der Waals surface area contributed by atoms with E-state index in [0.29, 0.717) is 0 Å². The smallest absolute Gasteiger partial charge is 0.0945 e. The van der Waals surface area contributed by atoms with Crippen LogP contribution in [0.3, 0.4) is 0 Å². The standard InChI is InChI=1S/C17H19ClN4/c18-16-6-5-14(17-15(16)4-3-8-21-17)12-19-7-1-2-10-22-11-9-20-13-22/h3-6,8-9,11,13,19H,1-2,7,10,12H2. The van der Waals surface area contributed by atoms with E-state index in [1.807, 2.05) is 43.1 Å². The average Bonchev–Trinajstić information content (AvgIpc) is 3.06. The van der Waals surface area contributed by atoms with Gasteiger partial charge in [-0.25, -0.2) is 4.98 Å². The number of unbranched alkanes of at least 4 members (excludes halogenated alkanes) is 1. The maximum atomic E-state index is 6.21. The zero-order chi connectivity index (χ0) is 15.2. The summed E-state index contributed by atoms with van der Waals surface area (Å²) in [6, 6.07) is 7.93. The van der Waals surface area contributed by atoms with Gasteiger partial charge >= 0.3 is 0 Å². The lowest BCUT2D eigenvalue weighted by Gasteiger charge is -2.09. The highest BCUT2D eigenvalue weighted by molar-refractivity contribution is 6.35. The molecule has 0 amide bonds. The summed E-state index contributed by atoms with van der Waals surface area (Å²) >= 11 is 6.21. The van der Waals surface area contributed by atoms with Gasteiger partial charge in [-0.3, -0.25) is 4.98 Å². The molecule has 0 atom stereocenters. The molecule has 5 heteroatoms. The molecule has 1 N–H and O–H groups in total. The van der Waals surface area contributed by atoms with Crippen molar-refractivity contribution in [3.8, 4) is 0 Å². The first-order valence-corrected chi connectivity index (χ1v) is 7.91. The van der Waals surface area contributed by atoms with E-state index >= 15 is 0 Å². The molecule has 0 unspecified atom stereocenters. The topological polar surface area (TPSA) is 42.7 Å². The molecule has 0 saturated carbocycles. The Hall–Kier alpha value is -1.91. The first-order chi connectivity index (χ1) is 10.8. The van der Waals surface area contributed by atoms with Gasteiger partial charge < -0.3 is 9.88 Å². The van der Waals surface area contributed by atoms with Crippen LogP contribution in [0.25, 0.3) is 10.9 Å². The zero-order valence-corrected chi connectivity index (χ0v) is 13.1. The van der Waals surface area contributed by atoms with Gasteiger partial charge in [-0.15, -0.1) is 0 Å². The Balaban J connectivity index is 1.49. The molecular formula is C17H19ClN4. The number of rotatable bonds is 7. The van der Waals surface area contributed by atoms with Gasteiger partial charge in [-0.1, -0.05) is 17.7 Å². The van der Waals surface area contributed by atoms with Gasteiger partial charge in [0.15, 0.2) is 0 Å². The van der Waals surface area contributed by atoms with E-state index in [-0.39, 0.29) is 0 Å². The molecule has 2 aromatic heterocycles. The van der Waals surface area contributed by atoms with Gasteiger partial charge in [0.05, 0.1) is 11.8 Å². The Labute approximate surface area is 135 Å². The van der Waals surface area contributed by atoms with Crippen LogP contribution in [0.1, 0.15) is 18.4 Å². The Morgan fingerprint density at radius 2 is 2.09 bits per heavy atom. The second-order valence-electron chi connectivity index (χ2n) is 5.29. The summed E-state index contributed by atoms with van der Waals surface area (Å²) in [6.07, 6.45) is 9.77. The minimum Gasteiger partial charge on any atom is -0.337 e. The zero-order valence-electron chi connectivity index (χ0n) is 12.4. The van der Waals surface area contributed by atoms with Crippen molar-refractivity contribution in [1.29, 1.82) is 0 Å². The summed E-state index contributed by atoms with van der Waals surface area (Å²) in [5.74, 6) is 0. The molecule has 4 nitrogen and oxygen atoms in total. The maximum Gasteiger partial charge on any atom is 0.0945 e. The van der Waals surface area contributed by atoms with Gasteiger partial charge in [0, 0.05) is 42.1 Å². The van der Waals surface area contributed by atoms with E-state index < -0.39 is 0 Å². The van der Waals surface area contributed by atoms with E-state index in [4.69, 9.17) is 11.6 Å². The van der Waals surface area contributed by atoms with Crippen LogP contribution >= 0.6 is 11.6 Å². The van der Waals surface area contributed by atoms with E-state index in [9.17, 15) is 0 Å². The highest BCUT2D eigenvalue weighted by atomic mass is 35.5. The Kier molecular flexibility index (Phi) is 5.03. The molecule has 3 aromatic rings. The molecule has 3 rings (SSSR count). The molecule has 22 heavy (non-hydrogen) atoms. The summed E-state index contributed by atoms with van der Waals surface area (Å²) < 4.78 is 2.11. The van der Waals surface area contributed by atoms with Crippen molar-refractivity contribution in [2.24, 2.45) is 0 Å². The second-order valence-corrected chi connectivity index (χ2v) is 5.70. The summed E-state index contributed by atoms with van der Waals surface area (Å²) in [6.45, 7) is 2.83. The minimum atomic E-state index is 0.757. The lowest BCUT2D eigenvalue weighted by Crippen LogP contribution is -2.15. The molecule has 0 aliphatic rings. The summed E-state index contributed by atoms with van der Waals surface area (Å²) in [4.78, 5) is 8.50. The number of fused-ring (bicyclic) bond motifs is 1. The van der Waals surface area contributed by atoms with Gasteiger partial charge in [0.2, 0.25) is 0 Å². The number of benzene rings is 1. The highest BCUT2D eigenvalue weighted by Gasteiger charge is 2.05. The van der Waals surface area contributed by atoms with Crippen LogP contribution in [-0.4, -0.2) is 21.1 Å². The third-order valence-electron chi connectivity index (χ3n) is 3.69. The van der Waals surface area contributed by atoms with Crippen LogP contribution in [0, 0.1) is 0 Å². The third kappa shape index (κ3) is 3.64. The molecule has 1 aromatic carbocycles. The van der Waals surface area contributed by atoms with Gasteiger partial charge in [0.25, 0.3) is 0 Å². The first-order valence-electron chi connectivity index (χ1n) is 7.53.